The molecule has 0 saturated carbocycles. The second-order valence-electron chi connectivity index (χ2n) is 4.11. The molecule has 1 heterocycles. The third-order valence-electron chi connectivity index (χ3n) is 2.73. The molecule has 1 aliphatic heterocycles. The summed E-state index contributed by atoms with van der Waals surface area (Å²) in [5, 5.41) is 3.74. The van der Waals surface area contributed by atoms with Gasteiger partial charge in [0.15, 0.2) is 6.10 Å². The Bertz CT molecular complexity index is 436. The van der Waals surface area contributed by atoms with Crippen LogP contribution >= 0.6 is 11.6 Å². The predicted molar refractivity (Wildman–Crippen MR) is 68.8 cm³/mol. The maximum atomic E-state index is 11.3. The van der Waals surface area contributed by atoms with Crippen molar-refractivity contribution in [2.24, 2.45) is 0 Å². The number of benzene rings is 1. The fraction of sp³-hybridized carbons (Fsp3) is 0.462. The van der Waals surface area contributed by atoms with Gasteiger partial charge in [0.25, 0.3) is 0 Å². The highest BCUT2D eigenvalue weighted by Crippen LogP contribution is 2.28. The fourth-order valence-corrected chi connectivity index (χ4v) is 2.00. The highest BCUT2D eigenvalue weighted by molar-refractivity contribution is 6.32. The van der Waals surface area contributed by atoms with Crippen LogP contribution < -0.4 is 10.1 Å². The molecular formula is C13H16ClNO3. The molecule has 1 atom stereocenters. The van der Waals surface area contributed by atoms with Gasteiger partial charge in [-0.3, -0.25) is 0 Å². The maximum Gasteiger partial charge on any atom is 0.347 e. The van der Waals surface area contributed by atoms with Gasteiger partial charge < -0.3 is 14.8 Å². The third-order valence-corrected chi connectivity index (χ3v) is 3.03. The summed E-state index contributed by atoms with van der Waals surface area (Å²) in [6.07, 6.45) is 0.0519. The highest BCUT2D eigenvalue weighted by Gasteiger charge is 2.28. The van der Waals surface area contributed by atoms with Crippen LogP contribution in [-0.2, 0) is 16.1 Å². The van der Waals surface area contributed by atoms with Gasteiger partial charge in [-0.1, -0.05) is 24.6 Å². The lowest BCUT2D eigenvalue weighted by Crippen LogP contribution is -2.21. The highest BCUT2D eigenvalue weighted by atomic mass is 35.5. The summed E-state index contributed by atoms with van der Waals surface area (Å²) in [5.41, 5.74) is 1.09. The molecule has 18 heavy (non-hydrogen) atoms. The zero-order valence-corrected chi connectivity index (χ0v) is 11.0. The molecule has 2 rings (SSSR count). The number of nitrogens with one attached hydrogen (secondary N) is 1. The number of cyclic esters (lactones) is 1. The van der Waals surface area contributed by atoms with Gasteiger partial charge in [-0.15, -0.1) is 0 Å². The molecule has 1 N–H and O–H groups in total. The molecule has 0 radical (unpaired) electrons. The molecule has 98 valence electrons. The second-order valence-corrected chi connectivity index (χ2v) is 4.51. The molecule has 1 aromatic rings. The molecular weight excluding hydrogens is 254 g/mol. The summed E-state index contributed by atoms with van der Waals surface area (Å²) >= 11 is 6.13. The first-order valence-electron chi connectivity index (χ1n) is 6.03. The maximum absolute atomic E-state index is 11.3. The summed E-state index contributed by atoms with van der Waals surface area (Å²) in [7, 11) is 0. The van der Waals surface area contributed by atoms with Gasteiger partial charge in [-0.2, -0.15) is 0 Å². The first-order chi connectivity index (χ1) is 8.70. The Morgan fingerprint density at radius 1 is 1.56 bits per heavy atom. The minimum atomic E-state index is -0.526. The van der Waals surface area contributed by atoms with Gasteiger partial charge in [0, 0.05) is 13.0 Å². The molecule has 4 nitrogen and oxygen atoms in total. The van der Waals surface area contributed by atoms with E-state index in [1.165, 1.54) is 0 Å². The average Bonchev–Trinajstić information content (AvgIpc) is 2.75. The number of carbonyl (C=O) groups excluding carboxylic acids is 1. The fourth-order valence-electron chi connectivity index (χ4n) is 1.76. The van der Waals surface area contributed by atoms with Crippen molar-refractivity contribution >= 4 is 17.6 Å². The molecule has 1 saturated heterocycles. The van der Waals surface area contributed by atoms with E-state index in [-0.39, 0.29) is 5.97 Å². The van der Waals surface area contributed by atoms with Gasteiger partial charge in [0.2, 0.25) is 0 Å². The van der Waals surface area contributed by atoms with E-state index >= 15 is 0 Å². The lowest BCUT2D eigenvalue weighted by molar-refractivity contribution is -0.143. The van der Waals surface area contributed by atoms with Gasteiger partial charge >= 0.3 is 5.97 Å². The van der Waals surface area contributed by atoms with E-state index in [1.807, 2.05) is 19.1 Å². The van der Waals surface area contributed by atoms with Gasteiger partial charge in [0.05, 0.1) is 11.6 Å². The van der Waals surface area contributed by atoms with Crippen molar-refractivity contribution in [2.45, 2.75) is 26.0 Å². The SMILES string of the molecule is CCNCc1ccc(OC2CCOC2=O)c(Cl)c1. The van der Waals surface area contributed by atoms with E-state index in [1.54, 1.807) is 6.07 Å². The lowest BCUT2D eigenvalue weighted by atomic mass is 10.2. The predicted octanol–water partition coefficient (Wildman–Crippen LogP) is 2.14. The number of hydrogen-bond donors (Lipinski definition) is 1. The zero-order chi connectivity index (χ0) is 13.0. The molecule has 1 aliphatic rings. The van der Waals surface area contributed by atoms with E-state index in [0.717, 1.165) is 18.7 Å². The monoisotopic (exact) mass is 269 g/mol. The summed E-state index contributed by atoms with van der Waals surface area (Å²) in [4.78, 5) is 11.3. The number of esters is 1. The third kappa shape index (κ3) is 3.15. The largest absolute Gasteiger partial charge is 0.477 e. The summed E-state index contributed by atoms with van der Waals surface area (Å²) in [5.74, 6) is 0.212. The molecule has 0 aromatic heterocycles. The van der Waals surface area contributed by atoms with Gasteiger partial charge in [-0.05, 0) is 24.2 Å². The van der Waals surface area contributed by atoms with Crippen LogP contribution in [-0.4, -0.2) is 25.2 Å². The normalized spacial score (nSPS) is 18.8. The van der Waals surface area contributed by atoms with Crippen LogP contribution in [0.2, 0.25) is 5.02 Å². The first-order valence-corrected chi connectivity index (χ1v) is 6.41. The Kier molecular flexibility index (Phi) is 4.44. The lowest BCUT2D eigenvalue weighted by Gasteiger charge is -2.12. The standard InChI is InChI=1S/C13H16ClNO3/c1-2-15-8-9-3-4-11(10(14)7-9)18-12-5-6-17-13(12)16/h3-4,7,12,15H,2,5-6,8H2,1H3. The molecule has 0 bridgehead atoms. The van der Waals surface area contributed by atoms with E-state index in [2.05, 4.69) is 5.32 Å². The summed E-state index contributed by atoms with van der Waals surface area (Å²) < 4.78 is 10.4. The second kappa shape index (κ2) is 6.07. The topological polar surface area (TPSA) is 47.6 Å². The molecule has 1 fully saturated rings. The number of halogens is 1. The average molecular weight is 270 g/mol. The van der Waals surface area contributed by atoms with Crippen molar-refractivity contribution in [3.05, 3.63) is 28.8 Å². The van der Waals surface area contributed by atoms with E-state index in [9.17, 15) is 4.79 Å². The molecule has 1 aromatic carbocycles. The van der Waals surface area contributed by atoms with Crippen LogP contribution in [0.4, 0.5) is 0 Å². The molecule has 0 amide bonds. The van der Waals surface area contributed by atoms with Crippen LogP contribution in [0.5, 0.6) is 5.75 Å². The molecule has 0 spiro atoms. The van der Waals surface area contributed by atoms with Crippen LogP contribution in [0.1, 0.15) is 18.9 Å². The number of carbonyl (C=O) groups is 1. The van der Waals surface area contributed by atoms with Gasteiger partial charge in [0.1, 0.15) is 5.75 Å². The van der Waals surface area contributed by atoms with Crippen LogP contribution in [0, 0.1) is 0 Å². The zero-order valence-electron chi connectivity index (χ0n) is 10.2. The minimum absolute atomic E-state index is 0.317. The Hall–Kier alpha value is -1.26. The quantitative estimate of drug-likeness (QED) is 0.832. The molecule has 1 unspecified atom stereocenters. The van der Waals surface area contributed by atoms with Crippen LogP contribution in [0.15, 0.2) is 18.2 Å². The smallest absolute Gasteiger partial charge is 0.347 e. The Balaban J connectivity index is 2.02. The van der Waals surface area contributed by atoms with E-state index in [0.29, 0.717) is 23.8 Å². The van der Waals surface area contributed by atoms with Gasteiger partial charge in [-0.25, -0.2) is 4.79 Å². The van der Waals surface area contributed by atoms with Crippen molar-refractivity contribution in [3.63, 3.8) is 0 Å². The van der Waals surface area contributed by atoms with Crippen molar-refractivity contribution < 1.29 is 14.3 Å². The van der Waals surface area contributed by atoms with Crippen molar-refractivity contribution in [3.8, 4) is 5.75 Å². The minimum Gasteiger partial charge on any atom is -0.477 e. The van der Waals surface area contributed by atoms with Crippen molar-refractivity contribution in [1.82, 2.24) is 5.32 Å². The Morgan fingerprint density at radius 2 is 2.39 bits per heavy atom. The molecule has 5 heteroatoms. The van der Waals surface area contributed by atoms with E-state index < -0.39 is 6.10 Å². The Labute approximate surface area is 111 Å². The van der Waals surface area contributed by atoms with Crippen molar-refractivity contribution in [2.75, 3.05) is 13.2 Å². The van der Waals surface area contributed by atoms with Crippen molar-refractivity contribution in [1.29, 1.82) is 0 Å². The number of ether oxygens (including phenoxy) is 2. The molecule has 0 aliphatic carbocycles. The van der Waals surface area contributed by atoms with E-state index in [4.69, 9.17) is 21.1 Å². The first kappa shape index (κ1) is 13.2. The number of rotatable bonds is 5. The summed E-state index contributed by atoms with van der Waals surface area (Å²) in [6.45, 7) is 4.14. The Morgan fingerprint density at radius 3 is 3.00 bits per heavy atom. The van der Waals surface area contributed by atoms with Crippen LogP contribution in [0.25, 0.3) is 0 Å². The van der Waals surface area contributed by atoms with Crippen LogP contribution in [0.3, 0.4) is 0 Å². The summed E-state index contributed by atoms with van der Waals surface area (Å²) in [6, 6.07) is 5.57. The number of hydrogen-bond acceptors (Lipinski definition) is 4.